The van der Waals surface area contributed by atoms with Crippen molar-refractivity contribution < 1.29 is 19.0 Å². The Balaban J connectivity index is 1.79. The lowest BCUT2D eigenvalue weighted by Crippen LogP contribution is -2.28. The maximum absolute atomic E-state index is 12.6. The van der Waals surface area contributed by atoms with E-state index in [-0.39, 0.29) is 23.9 Å². The van der Waals surface area contributed by atoms with Crippen LogP contribution in [0.3, 0.4) is 0 Å². The number of carbonyl (C=O) groups excluding carboxylic acids is 1. The van der Waals surface area contributed by atoms with Crippen LogP contribution >= 0.6 is 11.8 Å². The second-order valence-electron chi connectivity index (χ2n) is 6.03. The zero-order valence-corrected chi connectivity index (χ0v) is 16.4. The lowest BCUT2D eigenvalue weighted by Gasteiger charge is -2.16. The van der Waals surface area contributed by atoms with E-state index in [1.54, 1.807) is 29.8 Å². The van der Waals surface area contributed by atoms with Gasteiger partial charge in [0.2, 0.25) is 11.7 Å². The van der Waals surface area contributed by atoms with Gasteiger partial charge >= 0.3 is 0 Å². The van der Waals surface area contributed by atoms with Gasteiger partial charge in [-0.05, 0) is 6.92 Å². The second-order valence-corrected chi connectivity index (χ2v) is 7.02. The van der Waals surface area contributed by atoms with Gasteiger partial charge in [0.15, 0.2) is 16.7 Å². The number of nitrogens with zero attached hydrogens (tertiary/aromatic N) is 2. The summed E-state index contributed by atoms with van der Waals surface area (Å²) in [6.45, 7) is 1.72. The Morgan fingerprint density at radius 3 is 2.52 bits per heavy atom. The maximum Gasteiger partial charge on any atom is 0.257 e. The van der Waals surface area contributed by atoms with E-state index in [0.717, 1.165) is 0 Å². The van der Waals surface area contributed by atoms with Gasteiger partial charge in [-0.1, -0.05) is 11.8 Å². The number of anilines is 1. The summed E-state index contributed by atoms with van der Waals surface area (Å²) in [4.78, 5) is 29.2. The van der Waals surface area contributed by atoms with Crippen LogP contribution in [0.2, 0.25) is 0 Å². The average molecular weight is 391 g/mol. The van der Waals surface area contributed by atoms with Crippen molar-refractivity contribution in [2.24, 2.45) is 0 Å². The van der Waals surface area contributed by atoms with E-state index in [2.05, 4.69) is 10.3 Å². The normalized spacial score (nSPS) is 15.2. The number of carbonyl (C=O) groups is 1. The number of thioether (sulfide) groups is 1. The third kappa shape index (κ3) is 3.73. The summed E-state index contributed by atoms with van der Waals surface area (Å²) >= 11 is 1.48. The van der Waals surface area contributed by atoms with Crippen LogP contribution < -0.4 is 25.1 Å². The summed E-state index contributed by atoms with van der Waals surface area (Å²) < 4.78 is 17.5. The highest BCUT2D eigenvalue weighted by molar-refractivity contribution is 7.99. The third-order valence-electron chi connectivity index (χ3n) is 4.27. The van der Waals surface area contributed by atoms with Crippen molar-refractivity contribution in [2.45, 2.75) is 24.5 Å². The molecule has 0 saturated heterocycles. The van der Waals surface area contributed by atoms with E-state index in [4.69, 9.17) is 14.2 Å². The standard InChI is InChI=1S/C18H21N3O5S/c1-10-8-19-18-21(17(10)23)12(9-27-18)7-15(22)20-11-5-13(24-2)16(26-4)14(6-11)25-3/h5-6,8,12H,7,9H2,1-4H3,(H,20,22). The van der Waals surface area contributed by atoms with Gasteiger partial charge in [0.05, 0.1) is 27.4 Å². The Hall–Kier alpha value is -2.68. The predicted octanol–water partition coefficient (Wildman–Crippen LogP) is 2.25. The highest BCUT2D eigenvalue weighted by Gasteiger charge is 2.28. The third-order valence-corrected chi connectivity index (χ3v) is 5.38. The lowest BCUT2D eigenvalue weighted by molar-refractivity contribution is -0.116. The summed E-state index contributed by atoms with van der Waals surface area (Å²) in [7, 11) is 4.54. The van der Waals surface area contributed by atoms with Crippen molar-refractivity contribution in [3.63, 3.8) is 0 Å². The fourth-order valence-corrected chi connectivity index (χ4v) is 4.06. The van der Waals surface area contributed by atoms with Crippen LogP contribution in [0.1, 0.15) is 18.0 Å². The first kappa shape index (κ1) is 19.1. The minimum atomic E-state index is -0.230. The number of ether oxygens (including phenoxy) is 3. The van der Waals surface area contributed by atoms with Crippen LogP contribution in [0, 0.1) is 6.92 Å². The summed E-state index contributed by atoms with van der Waals surface area (Å²) in [5, 5.41) is 3.48. The molecular formula is C18H21N3O5S. The minimum absolute atomic E-state index is 0.101. The van der Waals surface area contributed by atoms with Crippen molar-refractivity contribution in [1.82, 2.24) is 9.55 Å². The number of nitrogens with one attached hydrogen (secondary N) is 1. The molecule has 1 N–H and O–H groups in total. The van der Waals surface area contributed by atoms with E-state index >= 15 is 0 Å². The number of hydrogen-bond donors (Lipinski definition) is 1. The van der Waals surface area contributed by atoms with Gasteiger partial charge in [0.1, 0.15) is 0 Å². The predicted molar refractivity (Wildman–Crippen MR) is 102 cm³/mol. The van der Waals surface area contributed by atoms with Crippen molar-refractivity contribution in [2.75, 3.05) is 32.4 Å². The molecule has 1 aliphatic rings. The van der Waals surface area contributed by atoms with Crippen LogP contribution in [-0.2, 0) is 4.79 Å². The first-order valence-electron chi connectivity index (χ1n) is 8.29. The first-order valence-corrected chi connectivity index (χ1v) is 9.27. The molecule has 1 aromatic heterocycles. The van der Waals surface area contributed by atoms with E-state index < -0.39 is 0 Å². The Kier molecular flexibility index (Phi) is 5.59. The molecule has 27 heavy (non-hydrogen) atoms. The zero-order valence-electron chi connectivity index (χ0n) is 15.6. The molecule has 9 heteroatoms. The van der Waals surface area contributed by atoms with Crippen LogP contribution in [0.25, 0.3) is 0 Å². The fraction of sp³-hybridized carbons (Fsp3) is 0.389. The molecule has 0 bridgehead atoms. The summed E-state index contributed by atoms with van der Waals surface area (Å²) in [6, 6.07) is 3.09. The van der Waals surface area contributed by atoms with Crippen LogP contribution in [0.4, 0.5) is 5.69 Å². The lowest BCUT2D eigenvalue weighted by atomic mass is 10.2. The molecule has 2 heterocycles. The van der Waals surface area contributed by atoms with Crippen molar-refractivity contribution in [1.29, 1.82) is 0 Å². The van der Waals surface area contributed by atoms with Crippen LogP contribution in [0.15, 0.2) is 28.3 Å². The monoisotopic (exact) mass is 391 g/mol. The van der Waals surface area contributed by atoms with E-state index in [9.17, 15) is 9.59 Å². The molecule has 0 saturated carbocycles. The van der Waals surface area contributed by atoms with Gasteiger partial charge in [-0.25, -0.2) is 4.98 Å². The Morgan fingerprint density at radius 2 is 1.93 bits per heavy atom. The molecule has 0 fully saturated rings. The van der Waals surface area contributed by atoms with E-state index in [1.165, 1.54) is 33.1 Å². The quantitative estimate of drug-likeness (QED) is 0.755. The van der Waals surface area contributed by atoms with Gasteiger partial charge in [0, 0.05) is 41.8 Å². The minimum Gasteiger partial charge on any atom is -0.493 e. The highest BCUT2D eigenvalue weighted by atomic mass is 32.2. The molecule has 0 aliphatic carbocycles. The molecule has 1 unspecified atom stereocenters. The molecule has 8 nitrogen and oxygen atoms in total. The highest BCUT2D eigenvalue weighted by Crippen LogP contribution is 2.40. The largest absolute Gasteiger partial charge is 0.493 e. The molecule has 1 aliphatic heterocycles. The van der Waals surface area contributed by atoms with Crippen molar-refractivity contribution >= 4 is 23.4 Å². The first-order chi connectivity index (χ1) is 13.0. The maximum atomic E-state index is 12.6. The molecule has 2 aromatic rings. The molecule has 0 spiro atoms. The molecule has 1 atom stereocenters. The molecular weight excluding hydrogens is 370 g/mol. The summed E-state index contributed by atoms with van der Waals surface area (Å²) in [5.41, 5.74) is 0.988. The fourth-order valence-electron chi connectivity index (χ4n) is 2.95. The van der Waals surface area contributed by atoms with E-state index in [0.29, 0.717) is 39.4 Å². The molecule has 1 aromatic carbocycles. The molecule has 1 amide bonds. The average Bonchev–Trinajstić information content (AvgIpc) is 3.06. The Labute approximate surface area is 160 Å². The topological polar surface area (TPSA) is 91.7 Å². The SMILES string of the molecule is COc1cc(NC(=O)CC2CSc3ncc(C)c(=O)n32)cc(OC)c1OC. The Bertz CT molecular complexity index is 903. The van der Waals surface area contributed by atoms with E-state index in [1.807, 2.05) is 0 Å². The number of methoxy groups -OCH3 is 3. The number of rotatable bonds is 6. The van der Waals surface area contributed by atoms with Gasteiger partial charge < -0.3 is 19.5 Å². The van der Waals surface area contributed by atoms with Crippen LogP contribution in [0.5, 0.6) is 17.2 Å². The van der Waals surface area contributed by atoms with Gasteiger partial charge in [0.25, 0.3) is 5.56 Å². The number of aryl methyl sites for hydroxylation is 1. The van der Waals surface area contributed by atoms with Gasteiger partial charge in [-0.2, -0.15) is 0 Å². The Morgan fingerprint density at radius 1 is 1.26 bits per heavy atom. The molecule has 144 valence electrons. The number of hydrogen-bond acceptors (Lipinski definition) is 7. The second kappa shape index (κ2) is 7.91. The van der Waals surface area contributed by atoms with Crippen LogP contribution in [-0.4, -0.2) is 42.5 Å². The molecule has 3 rings (SSSR count). The number of aromatic nitrogens is 2. The van der Waals surface area contributed by atoms with Crippen molar-refractivity contribution in [3.05, 3.63) is 34.2 Å². The number of amides is 1. The number of benzene rings is 1. The zero-order chi connectivity index (χ0) is 19.6. The molecule has 0 radical (unpaired) electrons. The van der Waals surface area contributed by atoms with Gasteiger partial charge in [-0.3, -0.25) is 14.2 Å². The summed E-state index contributed by atoms with van der Waals surface area (Å²) in [5.74, 6) is 1.77. The summed E-state index contributed by atoms with van der Waals surface area (Å²) in [6.07, 6.45) is 1.74. The smallest absolute Gasteiger partial charge is 0.257 e. The van der Waals surface area contributed by atoms with Crippen molar-refractivity contribution in [3.8, 4) is 17.2 Å². The van der Waals surface area contributed by atoms with Gasteiger partial charge in [-0.15, -0.1) is 0 Å². The number of fused-ring (bicyclic) bond motifs is 1.